The second-order valence-electron chi connectivity index (χ2n) is 6.42. The molecule has 1 aliphatic rings. The molecule has 3 nitrogen and oxygen atoms in total. The predicted octanol–water partition coefficient (Wildman–Crippen LogP) is 3.91. The van der Waals surface area contributed by atoms with Crippen molar-refractivity contribution >= 4 is 21.6 Å². The number of pyridine rings is 1. The Morgan fingerprint density at radius 2 is 2.00 bits per heavy atom. The highest BCUT2D eigenvalue weighted by Crippen LogP contribution is 2.22. The Labute approximate surface area is 141 Å². The van der Waals surface area contributed by atoms with Crippen molar-refractivity contribution in [2.75, 3.05) is 13.1 Å². The van der Waals surface area contributed by atoms with E-state index in [2.05, 4.69) is 53.0 Å². The van der Waals surface area contributed by atoms with Crippen LogP contribution in [0, 0.1) is 13.8 Å². The van der Waals surface area contributed by atoms with Crippen LogP contribution in [0.5, 0.6) is 0 Å². The number of aryl methyl sites for hydroxylation is 2. The van der Waals surface area contributed by atoms with Gasteiger partial charge in [0, 0.05) is 31.0 Å². The van der Waals surface area contributed by atoms with Crippen molar-refractivity contribution in [2.45, 2.75) is 33.2 Å². The lowest BCUT2D eigenvalue weighted by Gasteiger charge is -2.19. The summed E-state index contributed by atoms with van der Waals surface area (Å²) in [6, 6.07) is 8.95. The van der Waals surface area contributed by atoms with Crippen LogP contribution >= 0.6 is 11.3 Å². The average Bonchev–Trinajstić information content (AvgIpc) is 2.89. The highest BCUT2D eigenvalue weighted by atomic mass is 32.1. The van der Waals surface area contributed by atoms with Gasteiger partial charge >= 0.3 is 0 Å². The summed E-state index contributed by atoms with van der Waals surface area (Å²) in [5, 5.41) is 0. The highest BCUT2D eigenvalue weighted by Gasteiger charge is 2.17. The van der Waals surface area contributed by atoms with Crippen molar-refractivity contribution in [2.24, 2.45) is 0 Å². The summed E-state index contributed by atoms with van der Waals surface area (Å²) >= 11 is 1.71. The SMILES string of the molecule is Cc1cc2c(c(C)n1)CCN(Cc1ccc3scnc3c1)CC2. The normalized spacial score (nSPS) is 15.6. The first kappa shape index (κ1) is 14.8. The molecule has 0 amide bonds. The smallest absolute Gasteiger partial charge is 0.0815 e. The van der Waals surface area contributed by atoms with Gasteiger partial charge in [-0.05, 0) is 61.6 Å². The van der Waals surface area contributed by atoms with Crippen LogP contribution in [0.2, 0.25) is 0 Å². The fourth-order valence-electron chi connectivity index (χ4n) is 3.58. The van der Waals surface area contributed by atoms with Crippen LogP contribution in [0.25, 0.3) is 10.2 Å². The average molecular weight is 323 g/mol. The summed E-state index contributed by atoms with van der Waals surface area (Å²) in [7, 11) is 0. The van der Waals surface area contributed by atoms with E-state index in [0.29, 0.717) is 0 Å². The van der Waals surface area contributed by atoms with Crippen LogP contribution < -0.4 is 0 Å². The molecule has 2 aromatic heterocycles. The molecule has 1 aliphatic heterocycles. The molecule has 0 N–H and O–H groups in total. The van der Waals surface area contributed by atoms with Crippen LogP contribution in [-0.2, 0) is 19.4 Å². The summed E-state index contributed by atoms with van der Waals surface area (Å²) < 4.78 is 1.27. The van der Waals surface area contributed by atoms with Crippen LogP contribution in [-0.4, -0.2) is 28.0 Å². The zero-order chi connectivity index (χ0) is 15.8. The summed E-state index contributed by atoms with van der Waals surface area (Å²) in [6.07, 6.45) is 2.23. The molecule has 118 valence electrons. The topological polar surface area (TPSA) is 29.0 Å². The fraction of sp³-hybridized carbons (Fsp3) is 0.368. The Balaban J connectivity index is 1.52. The summed E-state index contributed by atoms with van der Waals surface area (Å²) in [6.45, 7) is 7.47. The molecule has 4 rings (SSSR count). The fourth-order valence-corrected chi connectivity index (χ4v) is 4.24. The maximum Gasteiger partial charge on any atom is 0.0815 e. The van der Waals surface area contributed by atoms with Crippen molar-refractivity contribution in [3.63, 3.8) is 0 Å². The highest BCUT2D eigenvalue weighted by molar-refractivity contribution is 7.16. The van der Waals surface area contributed by atoms with Crippen molar-refractivity contribution in [1.29, 1.82) is 0 Å². The number of rotatable bonds is 2. The largest absolute Gasteiger partial charge is 0.298 e. The maximum atomic E-state index is 4.64. The molecule has 23 heavy (non-hydrogen) atoms. The zero-order valence-electron chi connectivity index (χ0n) is 13.7. The first-order valence-corrected chi connectivity index (χ1v) is 9.07. The molecule has 0 spiro atoms. The molecular weight excluding hydrogens is 302 g/mol. The number of nitrogens with zero attached hydrogens (tertiary/aromatic N) is 3. The van der Waals surface area contributed by atoms with Gasteiger partial charge in [-0.25, -0.2) is 4.98 Å². The lowest BCUT2D eigenvalue weighted by Crippen LogP contribution is -2.25. The first-order chi connectivity index (χ1) is 11.2. The van der Waals surface area contributed by atoms with E-state index in [0.717, 1.165) is 43.7 Å². The molecule has 4 heteroatoms. The zero-order valence-corrected chi connectivity index (χ0v) is 14.5. The van der Waals surface area contributed by atoms with E-state index < -0.39 is 0 Å². The van der Waals surface area contributed by atoms with Crippen molar-refractivity contribution < 1.29 is 0 Å². The summed E-state index contributed by atoms with van der Waals surface area (Å²) in [5.41, 5.74) is 9.73. The second kappa shape index (κ2) is 6.02. The third kappa shape index (κ3) is 3.01. The Morgan fingerprint density at radius 3 is 2.91 bits per heavy atom. The lowest BCUT2D eigenvalue weighted by molar-refractivity contribution is 0.279. The van der Waals surface area contributed by atoms with E-state index in [1.54, 1.807) is 11.3 Å². The summed E-state index contributed by atoms with van der Waals surface area (Å²) in [5.74, 6) is 0. The van der Waals surface area contributed by atoms with E-state index >= 15 is 0 Å². The minimum Gasteiger partial charge on any atom is -0.298 e. The number of hydrogen-bond donors (Lipinski definition) is 0. The molecule has 0 radical (unpaired) electrons. The van der Waals surface area contributed by atoms with Gasteiger partial charge in [-0.15, -0.1) is 11.3 Å². The van der Waals surface area contributed by atoms with Gasteiger partial charge in [0.1, 0.15) is 0 Å². The van der Waals surface area contributed by atoms with Gasteiger partial charge in [-0.2, -0.15) is 0 Å². The van der Waals surface area contributed by atoms with Crippen molar-refractivity contribution in [3.05, 3.63) is 57.9 Å². The van der Waals surface area contributed by atoms with Gasteiger partial charge in [0.05, 0.1) is 15.7 Å². The van der Waals surface area contributed by atoms with E-state index in [1.165, 1.54) is 27.1 Å². The molecule has 1 aromatic carbocycles. The predicted molar refractivity (Wildman–Crippen MR) is 96.0 cm³/mol. The Hall–Kier alpha value is -1.78. The Morgan fingerprint density at radius 1 is 1.13 bits per heavy atom. The molecule has 0 unspecified atom stereocenters. The molecule has 0 saturated carbocycles. The lowest BCUT2D eigenvalue weighted by atomic mass is 10.0. The van der Waals surface area contributed by atoms with Crippen LogP contribution in [0.1, 0.15) is 28.1 Å². The van der Waals surface area contributed by atoms with Crippen molar-refractivity contribution in [1.82, 2.24) is 14.9 Å². The van der Waals surface area contributed by atoms with Crippen LogP contribution in [0.3, 0.4) is 0 Å². The van der Waals surface area contributed by atoms with Gasteiger partial charge in [-0.3, -0.25) is 9.88 Å². The molecule has 3 aromatic rings. The molecule has 3 heterocycles. The summed E-state index contributed by atoms with van der Waals surface area (Å²) in [4.78, 5) is 11.6. The van der Waals surface area contributed by atoms with Gasteiger partial charge in [0.2, 0.25) is 0 Å². The number of aromatic nitrogens is 2. The number of fused-ring (bicyclic) bond motifs is 2. The number of hydrogen-bond acceptors (Lipinski definition) is 4. The Kier molecular flexibility index (Phi) is 3.87. The van der Waals surface area contributed by atoms with Gasteiger partial charge in [0.25, 0.3) is 0 Å². The minimum absolute atomic E-state index is 1.01. The number of thiazole rings is 1. The molecule has 0 aliphatic carbocycles. The van der Waals surface area contributed by atoms with Crippen LogP contribution in [0.4, 0.5) is 0 Å². The molecule has 0 atom stereocenters. The van der Waals surface area contributed by atoms with Gasteiger partial charge in [0.15, 0.2) is 0 Å². The number of benzene rings is 1. The van der Waals surface area contributed by atoms with Gasteiger partial charge in [-0.1, -0.05) is 6.07 Å². The quantitative estimate of drug-likeness (QED) is 0.716. The van der Waals surface area contributed by atoms with Crippen molar-refractivity contribution in [3.8, 4) is 0 Å². The molecule has 0 fully saturated rings. The minimum atomic E-state index is 1.01. The van der Waals surface area contributed by atoms with Crippen LogP contribution in [0.15, 0.2) is 29.8 Å². The van der Waals surface area contributed by atoms with E-state index in [-0.39, 0.29) is 0 Å². The molecule has 0 saturated heterocycles. The third-order valence-electron chi connectivity index (χ3n) is 4.73. The van der Waals surface area contributed by atoms with E-state index in [4.69, 9.17) is 0 Å². The molecule has 0 bridgehead atoms. The second-order valence-corrected chi connectivity index (χ2v) is 7.30. The standard InChI is InChI=1S/C19H21N3S/c1-13-9-16-5-7-22(8-6-17(16)14(2)21-13)11-15-3-4-19-18(10-15)20-12-23-19/h3-4,9-10,12H,5-8,11H2,1-2H3. The van der Waals surface area contributed by atoms with Gasteiger partial charge < -0.3 is 0 Å². The Bertz CT molecular complexity index is 853. The molecular formula is C19H21N3S. The van der Waals surface area contributed by atoms with E-state index in [9.17, 15) is 0 Å². The first-order valence-electron chi connectivity index (χ1n) is 8.19. The monoisotopic (exact) mass is 323 g/mol. The third-order valence-corrected chi connectivity index (χ3v) is 5.54. The maximum absolute atomic E-state index is 4.64. The van der Waals surface area contributed by atoms with E-state index in [1.807, 2.05) is 5.51 Å².